The van der Waals surface area contributed by atoms with Crippen LogP contribution in [0.15, 0.2) is 77.1 Å². The Morgan fingerprint density at radius 1 is 0.943 bits per heavy atom. The number of carbonyl (C=O) groups excluding carboxylic acids is 2. The third kappa shape index (κ3) is 13.5. The molecule has 3 aromatic carbocycles. The van der Waals surface area contributed by atoms with Gasteiger partial charge in [-0.05, 0) is 94.1 Å². The van der Waals surface area contributed by atoms with E-state index in [1.54, 1.807) is 34.1 Å². The van der Waals surface area contributed by atoms with Crippen LogP contribution in [-0.4, -0.2) is 76.1 Å². The summed E-state index contributed by atoms with van der Waals surface area (Å²) in [7, 11) is 1.60. The van der Waals surface area contributed by atoms with Crippen LogP contribution in [0, 0.1) is 13.8 Å². The second-order valence-corrected chi connectivity index (χ2v) is 13.5. The quantitative estimate of drug-likeness (QED) is 0.0577. The summed E-state index contributed by atoms with van der Waals surface area (Å²) >= 11 is 1.18. The van der Waals surface area contributed by atoms with Crippen molar-refractivity contribution in [2.45, 2.75) is 53.0 Å². The number of hydrazone groups is 1. The van der Waals surface area contributed by atoms with Gasteiger partial charge in [0.15, 0.2) is 11.0 Å². The van der Waals surface area contributed by atoms with Crippen molar-refractivity contribution >= 4 is 40.8 Å². The number of ether oxygens (including phenoxy) is 3. The Hall–Kier alpha value is -5.58. The molecule has 17 heteroatoms. The highest BCUT2D eigenvalue weighted by Crippen LogP contribution is 2.30. The number of methoxy groups -OCH3 is 1. The summed E-state index contributed by atoms with van der Waals surface area (Å²) in [5.41, 5.74) is 6.81. The molecule has 13 nitrogen and oxygen atoms in total. The molecule has 0 unspecified atom stereocenters. The molecule has 0 atom stereocenters. The van der Waals surface area contributed by atoms with E-state index >= 15 is 0 Å². The van der Waals surface area contributed by atoms with Gasteiger partial charge in [0.1, 0.15) is 23.4 Å². The number of amidine groups is 1. The number of nitrogens with zero attached hydrogens (tertiary/aromatic N) is 5. The number of aryl methyl sites for hydroxylation is 2. The average molecular weight is 755 g/mol. The smallest absolute Gasteiger partial charge is 0.497 e. The minimum Gasteiger partial charge on any atom is -0.497 e. The van der Waals surface area contributed by atoms with E-state index < -0.39 is 18.1 Å². The van der Waals surface area contributed by atoms with E-state index in [9.17, 15) is 22.8 Å². The van der Waals surface area contributed by atoms with Crippen molar-refractivity contribution < 1.29 is 37.0 Å². The van der Waals surface area contributed by atoms with Crippen LogP contribution < -0.4 is 25.5 Å². The van der Waals surface area contributed by atoms with Crippen molar-refractivity contribution in [1.29, 1.82) is 0 Å². The Kier molecular flexibility index (Phi) is 13.8. The van der Waals surface area contributed by atoms with Crippen LogP contribution in [0.3, 0.4) is 0 Å². The predicted molar refractivity (Wildman–Crippen MR) is 198 cm³/mol. The number of alkyl halides is 3. The number of rotatable bonds is 13. The number of hydrogen-bond acceptors (Lipinski definition) is 10. The zero-order valence-electron chi connectivity index (χ0n) is 30.1. The molecule has 0 bridgehead atoms. The molecule has 282 valence electrons. The van der Waals surface area contributed by atoms with Crippen LogP contribution in [0.5, 0.6) is 11.5 Å². The maximum atomic E-state index is 12.7. The minimum absolute atomic E-state index is 0.0644. The molecule has 0 aliphatic carbocycles. The lowest BCUT2D eigenvalue weighted by Crippen LogP contribution is -2.34. The topological polar surface area (TPSA) is 153 Å². The molecular formula is C36H41F3N8O5S. The molecular weight excluding hydrogens is 714 g/mol. The molecule has 0 radical (unpaired) electrons. The predicted octanol–water partition coefficient (Wildman–Crippen LogP) is 6.83. The zero-order valence-corrected chi connectivity index (χ0v) is 30.9. The Balaban J connectivity index is 1.37. The number of nitrogens with one attached hydrogen (secondary N) is 3. The van der Waals surface area contributed by atoms with Crippen molar-refractivity contribution in [3.05, 3.63) is 83.7 Å². The molecule has 1 aromatic heterocycles. The van der Waals surface area contributed by atoms with Crippen molar-refractivity contribution in [2.24, 2.45) is 10.1 Å². The van der Waals surface area contributed by atoms with Gasteiger partial charge in [-0.2, -0.15) is 5.10 Å². The third-order valence-corrected chi connectivity index (χ3v) is 7.83. The van der Waals surface area contributed by atoms with Gasteiger partial charge in [-0.15, -0.1) is 18.3 Å². The van der Waals surface area contributed by atoms with Gasteiger partial charge in [-0.1, -0.05) is 36.0 Å². The number of alkyl carbamates (subject to hydrolysis) is 1. The van der Waals surface area contributed by atoms with Gasteiger partial charge in [0.05, 0.1) is 30.5 Å². The molecule has 3 N–H and O–H groups in total. The summed E-state index contributed by atoms with van der Waals surface area (Å²) in [6.07, 6.45) is -1.70. The van der Waals surface area contributed by atoms with Crippen LogP contribution in [0.1, 0.15) is 43.9 Å². The minimum atomic E-state index is -4.77. The first-order chi connectivity index (χ1) is 25.1. The van der Waals surface area contributed by atoms with E-state index in [0.717, 1.165) is 16.7 Å². The number of aromatic nitrogens is 3. The van der Waals surface area contributed by atoms with Crippen LogP contribution in [0.4, 0.5) is 23.7 Å². The maximum Gasteiger partial charge on any atom is 0.573 e. The first kappa shape index (κ1) is 40.2. The van der Waals surface area contributed by atoms with Gasteiger partial charge in [0.2, 0.25) is 5.91 Å². The molecule has 0 aliphatic rings. The number of thioether (sulfide) groups is 1. The number of halogens is 3. The lowest BCUT2D eigenvalue weighted by molar-refractivity contribution is -0.274. The lowest BCUT2D eigenvalue weighted by atomic mass is 10.1. The number of aliphatic imine (C=N–C) groups is 1. The SMILES string of the molecule is COc1cc(C)c(N=C(N/N=C\c2ccc(-c3ncn(-c4ccc(OC(F)(F)F)cc4)n3)cc2)SCC(=O)NCCCNC(=O)OC(C)(C)C)c(C)c1. The second-order valence-electron chi connectivity index (χ2n) is 12.5. The monoisotopic (exact) mass is 754 g/mol. The van der Waals surface area contributed by atoms with Gasteiger partial charge >= 0.3 is 12.5 Å². The van der Waals surface area contributed by atoms with Crippen LogP contribution in [-0.2, 0) is 9.53 Å². The van der Waals surface area contributed by atoms with E-state index in [0.29, 0.717) is 53.2 Å². The van der Waals surface area contributed by atoms with Crippen molar-refractivity contribution in [3.63, 3.8) is 0 Å². The fourth-order valence-corrected chi connectivity index (χ4v) is 5.25. The van der Waals surface area contributed by atoms with Crippen LogP contribution in [0.2, 0.25) is 0 Å². The molecule has 1 heterocycles. The molecule has 53 heavy (non-hydrogen) atoms. The van der Waals surface area contributed by atoms with Crippen LogP contribution in [0.25, 0.3) is 17.1 Å². The van der Waals surface area contributed by atoms with Crippen molar-refractivity contribution in [3.8, 4) is 28.6 Å². The maximum absolute atomic E-state index is 12.7. The molecule has 0 saturated carbocycles. The van der Waals surface area contributed by atoms with Gasteiger partial charge < -0.3 is 24.8 Å². The van der Waals surface area contributed by atoms with Crippen molar-refractivity contribution in [2.75, 3.05) is 26.0 Å². The van der Waals surface area contributed by atoms with E-state index in [1.165, 1.54) is 47.0 Å². The molecule has 4 rings (SSSR count). The van der Waals surface area contributed by atoms with E-state index in [2.05, 4.69) is 36.0 Å². The zero-order chi connectivity index (χ0) is 38.6. The summed E-state index contributed by atoms with van der Waals surface area (Å²) in [6.45, 7) is 9.90. The normalized spacial score (nSPS) is 12.1. The number of amides is 2. The Morgan fingerprint density at radius 3 is 2.23 bits per heavy atom. The third-order valence-electron chi connectivity index (χ3n) is 6.97. The molecule has 4 aromatic rings. The van der Waals surface area contributed by atoms with Gasteiger partial charge in [0.25, 0.3) is 0 Å². The first-order valence-corrected chi connectivity index (χ1v) is 17.3. The fraction of sp³-hybridized carbons (Fsp3) is 0.333. The second kappa shape index (κ2) is 18.3. The van der Waals surface area contributed by atoms with E-state index in [1.807, 2.05) is 50.2 Å². The van der Waals surface area contributed by atoms with E-state index in [4.69, 9.17) is 14.5 Å². The first-order valence-electron chi connectivity index (χ1n) is 16.4. The van der Waals surface area contributed by atoms with Gasteiger partial charge in [-0.3, -0.25) is 10.2 Å². The molecule has 0 aliphatic heterocycles. The van der Waals surface area contributed by atoms with Crippen LogP contribution >= 0.6 is 11.8 Å². The number of benzene rings is 3. The highest BCUT2D eigenvalue weighted by atomic mass is 32.2. The highest BCUT2D eigenvalue weighted by molar-refractivity contribution is 8.14. The standard InChI is InChI=1S/C36H41F3N8O5S/c1-23-18-29(50-6)19-24(2)31(23)44-33(53-21-30(48)40-16-7-17-41-34(49)52-35(3,4)5)45-43-20-25-8-10-26(11-9-25)32-42-22-47(46-32)27-12-14-28(15-13-27)51-36(37,38)39/h8-15,18-20,22H,7,16-17,21H2,1-6H3,(H,40,48)(H,41,49)(H,44,45)/b43-20-. The largest absolute Gasteiger partial charge is 0.573 e. The molecule has 2 amide bonds. The molecule has 0 saturated heterocycles. The summed E-state index contributed by atoms with van der Waals surface area (Å²) in [6, 6.07) is 16.3. The van der Waals surface area contributed by atoms with Gasteiger partial charge in [-0.25, -0.2) is 19.5 Å². The average Bonchev–Trinajstić information content (AvgIpc) is 3.58. The lowest BCUT2D eigenvalue weighted by Gasteiger charge is -2.19. The fourth-order valence-electron chi connectivity index (χ4n) is 4.61. The number of carbonyl (C=O) groups is 2. The summed E-state index contributed by atoms with van der Waals surface area (Å²) in [5, 5.41) is 14.7. The molecule has 0 spiro atoms. The van der Waals surface area contributed by atoms with Crippen molar-refractivity contribution in [1.82, 2.24) is 30.8 Å². The highest BCUT2D eigenvalue weighted by Gasteiger charge is 2.31. The summed E-state index contributed by atoms with van der Waals surface area (Å²) < 4.78 is 53.4. The summed E-state index contributed by atoms with van der Waals surface area (Å²) in [5.74, 6) is 0.636. The Labute approximate surface area is 309 Å². The van der Waals surface area contributed by atoms with E-state index in [-0.39, 0.29) is 17.4 Å². The van der Waals surface area contributed by atoms with Gasteiger partial charge in [0, 0.05) is 18.7 Å². The summed E-state index contributed by atoms with van der Waals surface area (Å²) in [4.78, 5) is 33.6. The Bertz CT molecular complexity index is 1880. The number of hydrogen-bond donors (Lipinski definition) is 3. The Morgan fingerprint density at radius 2 is 1.60 bits per heavy atom. The molecule has 0 fully saturated rings.